The van der Waals surface area contributed by atoms with Crippen LogP contribution in [0, 0.1) is 0 Å². The van der Waals surface area contributed by atoms with E-state index in [0.717, 1.165) is 24.1 Å². The molecule has 0 aliphatic rings. The molecule has 1 atom stereocenters. The number of rotatable bonds is 12. The van der Waals surface area contributed by atoms with Gasteiger partial charge in [-0.25, -0.2) is 9.78 Å². The summed E-state index contributed by atoms with van der Waals surface area (Å²) in [5.74, 6) is 0.385. The summed E-state index contributed by atoms with van der Waals surface area (Å²) >= 11 is 0. The Kier molecular flexibility index (Phi) is 11.4. The zero-order valence-corrected chi connectivity index (χ0v) is 19.7. The van der Waals surface area contributed by atoms with Crippen molar-refractivity contribution in [3.05, 3.63) is 51.7 Å². The molecule has 3 aromatic rings. The first-order chi connectivity index (χ1) is 15.9. The number of carboxylic acids is 1. The van der Waals surface area contributed by atoms with Gasteiger partial charge < -0.3 is 14.6 Å². The Hall–Kier alpha value is -1.56. The van der Waals surface area contributed by atoms with E-state index in [2.05, 4.69) is 12.0 Å². The Morgan fingerprint density at radius 3 is 2.47 bits per heavy atom. The van der Waals surface area contributed by atoms with Gasteiger partial charge in [0.1, 0.15) is 23.7 Å². The van der Waals surface area contributed by atoms with E-state index in [-0.39, 0.29) is 63.4 Å². The Morgan fingerprint density at radius 2 is 1.88 bits per heavy atom. The first kappa shape index (κ1) is 28.7. The van der Waals surface area contributed by atoms with Gasteiger partial charge in [-0.05, 0) is 31.0 Å². The second-order valence-corrected chi connectivity index (χ2v) is 7.83. The molecule has 9 nitrogen and oxygen atoms in total. The molecule has 0 aliphatic heterocycles. The molecule has 0 radical (unpaired) electrons. The van der Waals surface area contributed by atoms with E-state index < -0.39 is 12.1 Å². The summed E-state index contributed by atoms with van der Waals surface area (Å²) in [5.41, 5.74) is 2.81. The molecular weight excluding hydrogens is 463 g/mol. The number of ether oxygens (including phenoxy) is 2. The van der Waals surface area contributed by atoms with Crippen molar-refractivity contribution in [2.45, 2.75) is 59.1 Å². The van der Waals surface area contributed by atoms with Gasteiger partial charge in [0.2, 0.25) is 0 Å². The summed E-state index contributed by atoms with van der Waals surface area (Å²) in [7, 11) is 1.78. The predicted molar refractivity (Wildman–Crippen MR) is 132 cm³/mol. The number of aromatic nitrogens is 4. The number of carbonyl (C=O) groups is 1. The van der Waals surface area contributed by atoms with Gasteiger partial charge in [-0.15, -0.1) is 0 Å². The number of aryl methyl sites for hydroxylation is 3. The maximum atomic E-state index is 13.2. The van der Waals surface area contributed by atoms with Crippen molar-refractivity contribution in [1.82, 2.24) is 19.3 Å². The third-order valence-corrected chi connectivity index (χ3v) is 5.47. The van der Waals surface area contributed by atoms with E-state index in [1.165, 1.54) is 0 Å². The van der Waals surface area contributed by atoms with Gasteiger partial charge in [-0.3, -0.25) is 14.0 Å². The molecule has 0 saturated carbocycles. The number of carboxylic acid groups (broad SMARTS) is 1. The molecule has 1 aromatic carbocycles. The van der Waals surface area contributed by atoms with Crippen LogP contribution in [0.1, 0.15) is 44.3 Å². The number of benzene rings is 1. The fourth-order valence-corrected chi connectivity index (χ4v) is 3.88. The van der Waals surface area contributed by atoms with E-state index in [1.54, 1.807) is 35.4 Å². The fraction of sp³-hybridized carbons (Fsp3) is 0.500. The summed E-state index contributed by atoms with van der Waals surface area (Å²) in [6.45, 7) is 6.84. The molecule has 3 rings (SSSR count). The van der Waals surface area contributed by atoms with Gasteiger partial charge in [-0.2, -0.15) is 5.10 Å². The number of hydrogen-bond acceptors (Lipinski definition) is 6. The molecule has 34 heavy (non-hydrogen) atoms. The van der Waals surface area contributed by atoms with Gasteiger partial charge in [0.15, 0.2) is 11.6 Å². The Bertz CT molecular complexity index is 1160. The van der Waals surface area contributed by atoms with Crippen LogP contribution in [0.4, 0.5) is 0 Å². The summed E-state index contributed by atoms with van der Waals surface area (Å²) in [5, 5.41) is 13.7. The van der Waals surface area contributed by atoms with Crippen LogP contribution in [0.25, 0.3) is 11.0 Å². The van der Waals surface area contributed by atoms with Gasteiger partial charge in [0.25, 0.3) is 5.56 Å². The first-order valence-electron chi connectivity index (χ1n) is 11.4. The minimum absolute atomic E-state index is 0. The molecule has 0 amide bonds. The van der Waals surface area contributed by atoms with Crippen LogP contribution >= 0.6 is 0 Å². The molecular formula is C24H33KN4O5. The first-order valence-corrected chi connectivity index (χ1v) is 11.4. The van der Waals surface area contributed by atoms with Crippen molar-refractivity contribution in [1.29, 1.82) is 0 Å². The van der Waals surface area contributed by atoms with Gasteiger partial charge in [0.05, 0.1) is 12.2 Å². The Morgan fingerprint density at radius 1 is 1.18 bits per heavy atom. The SMILES string of the molecule is CCCc1nn(C)c2c(=O)n(CCOc3ccc(CC(OCC)C(=O)O)cc3)c(CC)nc12.[KH]. The molecule has 180 valence electrons. The van der Waals surface area contributed by atoms with E-state index in [1.807, 2.05) is 19.1 Å². The van der Waals surface area contributed by atoms with Crippen LogP contribution in [-0.2, 0) is 42.4 Å². The normalized spacial score (nSPS) is 11.9. The van der Waals surface area contributed by atoms with Gasteiger partial charge >= 0.3 is 57.4 Å². The molecule has 0 fully saturated rings. The van der Waals surface area contributed by atoms with E-state index >= 15 is 0 Å². The molecule has 1 unspecified atom stereocenters. The van der Waals surface area contributed by atoms with Gasteiger partial charge in [-0.1, -0.05) is 32.4 Å². The van der Waals surface area contributed by atoms with Crippen molar-refractivity contribution in [2.24, 2.45) is 7.05 Å². The van der Waals surface area contributed by atoms with Crippen molar-refractivity contribution in [3.8, 4) is 5.75 Å². The second kappa shape index (κ2) is 13.5. The summed E-state index contributed by atoms with van der Waals surface area (Å²) in [4.78, 5) is 29.2. The Balaban J connectivity index is 0.00000408. The third kappa shape index (κ3) is 6.77. The van der Waals surface area contributed by atoms with Crippen LogP contribution in [-0.4, -0.2) is 101 Å². The number of aliphatic carboxylic acids is 1. The molecule has 10 heteroatoms. The summed E-state index contributed by atoms with van der Waals surface area (Å²) < 4.78 is 14.4. The maximum absolute atomic E-state index is 13.2. The quantitative estimate of drug-likeness (QED) is 0.383. The van der Waals surface area contributed by atoms with Crippen molar-refractivity contribution >= 4 is 68.4 Å². The zero-order chi connectivity index (χ0) is 24.0. The van der Waals surface area contributed by atoms with Crippen LogP contribution < -0.4 is 10.3 Å². The van der Waals surface area contributed by atoms with Crippen LogP contribution in [0.3, 0.4) is 0 Å². The molecule has 0 bridgehead atoms. The molecule has 2 aromatic heterocycles. The van der Waals surface area contributed by atoms with Gasteiger partial charge in [0, 0.05) is 26.5 Å². The van der Waals surface area contributed by atoms with Crippen molar-refractivity contribution < 1.29 is 19.4 Å². The van der Waals surface area contributed by atoms with Crippen molar-refractivity contribution in [3.63, 3.8) is 0 Å². The number of hydrogen-bond donors (Lipinski definition) is 1. The topological polar surface area (TPSA) is 108 Å². The average molecular weight is 497 g/mol. The van der Waals surface area contributed by atoms with E-state index in [0.29, 0.717) is 48.8 Å². The predicted octanol–water partition coefficient (Wildman–Crippen LogP) is 2.11. The standard InChI is InChI=1S/C24H32N4O5.K.H/c1-5-8-18-21-22(27(4)26-18)23(29)28(20(6-2)25-21)13-14-33-17-11-9-16(10-12-17)15-19(24(30)31)32-7-3;;/h9-12,19H,5-8,13-15H2,1-4H3,(H,30,31);;. The molecule has 2 heterocycles. The number of nitrogens with zero attached hydrogens (tertiary/aromatic N) is 4. The zero-order valence-electron chi connectivity index (χ0n) is 19.7. The molecule has 1 N–H and O–H groups in total. The van der Waals surface area contributed by atoms with Crippen LogP contribution in [0.5, 0.6) is 5.75 Å². The van der Waals surface area contributed by atoms with E-state index in [4.69, 9.17) is 14.5 Å². The monoisotopic (exact) mass is 496 g/mol. The second-order valence-electron chi connectivity index (χ2n) is 7.83. The minimum atomic E-state index is -0.977. The van der Waals surface area contributed by atoms with Crippen LogP contribution in [0.15, 0.2) is 29.1 Å². The fourth-order valence-electron chi connectivity index (χ4n) is 3.88. The number of fused-ring (bicyclic) bond motifs is 1. The Labute approximate surface area is 241 Å². The molecule has 0 saturated heterocycles. The molecule has 0 spiro atoms. The van der Waals surface area contributed by atoms with Crippen molar-refractivity contribution in [2.75, 3.05) is 13.2 Å². The average Bonchev–Trinajstić information content (AvgIpc) is 3.11. The summed E-state index contributed by atoms with van der Waals surface area (Å²) in [6.07, 6.45) is 1.77. The van der Waals surface area contributed by atoms with Crippen LogP contribution in [0.2, 0.25) is 0 Å². The van der Waals surface area contributed by atoms with E-state index in [9.17, 15) is 14.7 Å². The molecule has 0 aliphatic carbocycles. The summed E-state index contributed by atoms with van der Waals surface area (Å²) in [6, 6.07) is 7.24. The third-order valence-electron chi connectivity index (χ3n) is 5.47.